The SMILES string of the molecule is COc1ccc(CC(=O)NCCc2cc(C)on2)cc1OC. The van der Waals surface area contributed by atoms with E-state index in [4.69, 9.17) is 14.0 Å². The molecule has 0 aliphatic rings. The molecule has 0 spiro atoms. The topological polar surface area (TPSA) is 73.6 Å². The lowest BCUT2D eigenvalue weighted by atomic mass is 10.1. The van der Waals surface area contributed by atoms with E-state index < -0.39 is 0 Å². The van der Waals surface area contributed by atoms with Crippen LogP contribution >= 0.6 is 0 Å². The fourth-order valence-electron chi connectivity index (χ4n) is 2.10. The summed E-state index contributed by atoms with van der Waals surface area (Å²) < 4.78 is 15.4. The van der Waals surface area contributed by atoms with Crippen LogP contribution in [0.5, 0.6) is 11.5 Å². The van der Waals surface area contributed by atoms with Crippen LogP contribution in [0.4, 0.5) is 0 Å². The fraction of sp³-hybridized carbons (Fsp3) is 0.375. The second kappa shape index (κ2) is 7.49. The monoisotopic (exact) mass is 304 g/mol. The molecule has 0 aliphatic heterocycles. The largest absolute Gasteiger partial charge is 0.493 e. The lowest BCUT2D eigenvalue weighted by molar-refractivity contribution is -0.120. The molecule has 0 unspecified atom stereocenters. The number of nitrogens with one attached hydrogen (secondary N) is 1. The summed E-state index contributed by atoms with van der Waals surface area (Å²) in [7, 11) is 3.15. The molecule has 0 aliphatic carbocycles. The number of amides is 1. The van der Waals surface area contributed by atoms with Crippen LogP contribution in [0.1, 0.15) is 17.0 Å². The summed E-state index contributed by atoms with van der Waals surface area (Å²) in [6.07, 6.45) is 0.938. The van der Waals surface area contributed by atoms with E-state index >= 15 is 0 Å². The van der Waals surface area contributed by atoms with Crippen molar-refractivity contribution in [3.8, 4) is 11.5 Å². The Hall–Kier alpha value is -2.50. The van der Waals surface area contributed by atoms with Gasteiger partial charge in [-0.15, -0.1) is 0 Å². The normalized spacial score (nSPS) is 10.3. The lowest BCUT2D eigenvalue weighted by Gasteiger charge is -2.09. The van der Waals surface area contributed by atoms with Crippen LogP contribution in [-0.2, 0) is 17.6 Å². The van der Waals surface area contributed by atoms with Crippen molar-refractivity contribution in [2.24, 2.45) is 0 Å². The van der Waals surface area contributed by atoms with E-state index in [1.165, 1.54) is 0 Å². The first-order valence-corrected chi connectivity index (χ1v) is 7.02. The number of benzene rings is 1. The number of aryl methyl sites for hydroxylation is 1. The fourth-order valence-corrected chi connectivity index (χ4v) is 2.10. The first kappa shape index (κ1) is 15.9. The summed E-state index contributed by atoms with van der Waals surface area (Å²) in [6.45, 7) is 2.37. The highest BCUT2D eigenvalue weighted by Gasteiger charge is 2.08. The van der Waals surface area contributed by atoms with E-state index in [1.54, 1.807) is 26.4 Å². The first-order chi connectivity index (χ1) is 10.6. The average molecular weight is 304 g/mol. The molecule has 0 saturated carbocycles. The van der Waals surface area contributed by atoms with Crippen LogP contribution in [0.3, 0.4) is 0 Å². The summed E-state index contributed by atoms with van der Waals surface area (Å²) in [6, 6.07) is 7.31. The molecule has 22 heavy (non-hydrogen) atoms. The van der Waals surface area contributed by atoms with Crippen LogP contribution in [0, 0.1) is 6.92 Å². The van der Waals surface area contributed by atoms with Gasteiger partial charge < -0.3 is 19.3 Å². The number of nitrogens with zero attached hydrogens (tertiary/aromatic N) is 1. The Bertz CT molecular complexity index is 637. The van der Waals surface area contributed by atoms with E-state index in [9.17, 15) is 4.79 Å². The minimum absolute atomic E-state index is 0.0487. The maximum atomic E-state index is 11.9. The van der Waals surface area contributed by atoms with Crippen molar-refractivity contribution in [2.45, 2.75) is 19.8 Å². The predicted octanol–water partition coefficient (Wildman–Crippen LogP) is 1.90. The van der Waals surface area contributed by atoms with Gasteiger partial charge >= 0.3 is 0 Å². The van der Waals surface area contributed by atoms with Crippen LogP contribution in [0.15, 0.2) is 28.8 Å². The molecule has 2 aromatic rings. The Labute approximate surface area is 129 Å². The molecule has 1 aromatic heterocycles. The Morgan fingerprint density at radius 1 is 1.23 bits per heavy atom. The van der Waals surface area contributed by atoms with Gasteiger partial charge in [0.05, 0.1) is 26.3 Å². The molecular formula is C16H20N2O4. The number of rotatable bonds is 7. The van der Waals surface area contributed by atoms with Gasteiger partial charge in [-0.05, 0) is 24.6 Å². The molecule has 118 valence electrons. The van der Waals surface area contributed by atoms with Crippen molar-refractivity contribution < 1.29 is 18.8 Å². The highest BCUT2D eigenvalue weighted by Crippen LogP contribution is 2.27. The van der Waals surface area contributed by atoms with Crippen LogP contribution in [0.25, 0.3) is 0 Å². The van der Waals surface area contributed by atoms with Gasteiger partial charge in [0.15, 0.2) is 11.5 Å². The smallest absolute Gasteiger partial charge is 0.224 e. The Balaban J connectivity index is 1.84. The molecule has 6 heteroatoms. The van der Waals surface area contributed by atoms with Crippen molar-refractivity contribution in [3.05, 3.63) is 41.3 Å². The van der Waals surface area contributed by atoms with Crippen LogP contribution in [-0.4, -0.2) is 31.8 Å². The molecule has 2 rings (SSSR count). The number of ether oxygens (including phenoxy) is 2. The number of hydrogen-bond acceptors (Lipinski definition) is 5. The van der Waals surface area contributed by atoms with Crippen molar-refractivity contribution in [1.82, 2.24) is 10.5 Å². The van der Waals surface area contributed by atoms with Gasteiger partial charge in [-0.1, -0.05) is 11.2 Å². The third-order valence-electron chi connectivity index (χ3n) is 3.19. The van der Waals surface area contributed by atoms with E-state index in [1.807, 2.05) is 19.1 Å². The lowest BCUT2D eigenvalue weighted by Crippen LogP contribution is -2.27. The van der Waals surface area contributed by atoms with Crippen molar-refractivity contribution in [1.29, 1.82) is 0 Å². The minimum Gasteiger partial charge on any atom is -0.493 e. The highest BCUT2D eigenvalue weighted by molar-refractivity contribution is 5.78. The van der Waals surface area contributed by atoms with Crippen molar-refractivity contribution in [3.63, 3.8) is 0 Å². The second-order valence-electron chi connectivity index (χ2n) is 4.89. The van der Waals surface area contributed by atoms with Crippen LogP contribution < -0.4 is 14.8 Å². The Morgan fingerprint density at radius 2 is 2.00 bits per heavy atom. The first-order valence-electron chi connectivity index (χ1n) is 7.02. The number of carbonyl (C=O) groups excluding carboxylic acids is 1. The molecule has 0 radical (unpaired) electrons. The average Bonchev–Trinajstić information content (AvgIpc) is 2.92. The summed E-state index contributed by atoms with van der Waals surface area (Å²) in [5.41, 5.74) is 1.70. The molecule has 0 bridgehead atoms. The quantitative estimate of drug-likeness (QED) is 0.845. The van der Waals surface area contributed by atoms with Gasteiger partial charge in [-0.25, -0.2) is 0 Å². The van der Waals surface area contributed by atoms with E-state index in [2.05, 4.69) is 10.5 Å². The maximum absolute atomic E-state index is 11.9. The summed E-state index contributed by atoms with van der Waals surface area (Å²) >= 11 is 0. The van der Waals surface area contributed by atoms with Crippen molar-refractivity contribution >= 4 is 5.91 Å². The highest BCUT2D eigenvalue weighted by atomic mass is 16.5. The molecule has 0 saturated heterocycles. The van der Waals surface area contributed by atoms with Crippen molar-refractivity contribution in [2.75, 3.05) is 20.8 Å². The molecular weight excluding hydrogens is 284 g/mol. The summed E-state index contributed by atoms with van der Waals surface area (Å²) in [5.74, 6) is 1.98. The van der Waals surface area contributed by atoms with E-state index in [-0.39, 0.29) is 12.3 Å². The molecule has 1 heterocycles. The number of aromatic nitrogens is 1. The summed E-state index contributed by atoms with van der Waals surface area (Å²) in [5, 5.41) is 6.74. The van der Waals surface area contributed by atoms with Gasteiger partial charge in [0, 0.05) is 19.0 Å². The van der Waals surface area contributed by atoms with Gasteiger partial charge in [0.1, 0.15) is 5.76 Å². The number of hydrogen-bond donors (Lipinski definition) is 1. The van der Waals surface area contributed by atoms with Gasteiger partial charge in [0.25, 0.3) is 0 Å². The molecule has 0 fully saturated rings. The van der Waals surface area contributed by atoms with Gasteiger partial charge in [-0.2, -0.15) is 0 Å². The van der Waals surface area contributed by atoms with Crippen LogP contribution in [0.2, 0.25) is 0 Å². The molecule has 6 nitrogen and oxygen atoms in total. The van der Waals surface area contributed by atoms with Gasteiger partial charge in [-0.3, -0.25) is 4.79 Å². The Morgan fingerprint density at radius 3 is 2.64 bits per heavy atom. The maximum Gasteiger partial charge on any atom is 0.224 e. The van der Waals surface area contributed by atoms with Gasteiger partial charge in [0.2, 0.25) is 5.91 Å². The number of carbonyl (C=O) groups is 1. The van der Waals surface area contributed by atoms with E-state index in [0.29, 0.717) is 24.5 Å². The van der Waals surface area contributed by atoms with E-state index in [0.717, 1.165) is 17.0 Å². The third-order valence-corrected chi connectivity index (χ3v) is 3.19. The zero-order valence-electron chi connectivity index (χ0n) is 13.0. The number of methoxy groups -OCH3 is 2. The second-order valence-corrected chi connectivity index (χ2v) is 4.89. The predicted molar refractivity (Wildman–Crippen MR) is 81.2 cm³/mol. The molecule has 1 aromatic carbocycles. The summed E-state index contributed by atoms with van der Waals surface area (Å²) in [4.78, 5) is 11.9. The molecule has 1 amide bonds. The minimum atomic E-state index is -0.0487. The Kier molecular flexibility index (Phi) is 5.41. The zero-order chi connectivity index (χ0) is 15.9. The third kappa shape index (κ3) is 4.25. The zero-order valence-corrected chi connectivity index (χ0v) is 13.0. The standard InChI is InChI=1S/C16H20N2O4/c1-11-8-13(18-22-11)6-7-17-16(19)10-12-4-5-14(20-2)15(9-12)21-3/h4-5,8-9H,6-7,10H2,1-3H3,(H,17,19). The molecule has 1 N–H and O–H groups in total. The molecule has 0 atom stereocenters.